The predicted octanol–water partition coefficient (Wildman–Crippen LogP) is 4.41. The van der Waals surface area contributed by atoms with Crippen molar-refractivity contribution in [1.29, 1.82) is 0 Å². The van der Waals surface area contributed by atoms with Crippen LogP contribution in [0.4, 0.5) is 0 Å². The minimum Gasteiger partial charge on any atom is -0.259 e. The van der Waals surface area contributed by atoms with E-state index in [4.69, 9.17) is 11.6 Å². The fraction of sp³-hybridized carbons (Fsp3) is 0.250. The van der Waals surface area contributed by atoms with E-state index >= 15 is 0 Å². The lowest BCUT2D eigenvalue weighted by Gasteiger charge is -2.07. The summed E-state index contributed by atoms with van der Waals surface area (Å²) in [6, 6.07) is 13.9. The Morgan fingerprint density at radius 3 is 2.26 bits per heavy atom. The Labute approximate surface area is 122 Å². The largest absolute Gasteiger partial charge is 0.259 e. The fourth-order valence-electron chi connectivity index (χ4n) is 2.18. The molecular weight excluding hydrogens is 276 g/mol. The maximum atomic E-state index is 12.2. The molecule has 0 aliphatic rings. The van der Waals surface area contributed by atoms with Gasteiger partial charge in [-0.05, 0) is 31.0 Å². The van der Waals surface area contributed by atoms with Gasteiger partial charge in [0.05, 0.1) is 5.75 Å². The summed E-state index contributed by atoms with van der Waals surface area (Å²) in [5.74, 6) is 1.08. The minimum atomic E-state index is -0.933. The number of benzene rings is 2. The molecule has 0 unspecified atom stereocenters. The summed E-state index contributed by atoms with van der Waals surface area (Å²) in [5.41, 5.74) is 4.50. The summed E-state index contributed by atoms with van der Waals surface area (Å²) < 4.78 is 12.2. The highest BCUT2D eigenvalue weighted by Gasteiger charge is 2.07. The Bertz CT molecular complexity index is 587. The van der Waals surface area contributed by atoms with Crippen molar-refractivity contribution in [2.75, 3.05) is 0 Å². The lowest BCUT2D eigenvalue weighted by molar-refractivity contribution is 0.682. The molecule has 2 aromatic carbocycles. The number of rotatable bonds is 4. The zero-order chi connectivity index (χ0) is 13.8. The van der Waals surface area contributed by atoms with Gasteiger partial charge in [-0.1, -0.05) is 59.1 Å². The summed E-state index contributed by atoms with van der Waals surface area (Å²) in [4.78, 5) is 0. The van der Waals surface area contributed by atoms with Gasteiger partial charge in [-0.3, -0.25) is 4.21 Å². The molecule has 0 radical (unpaired) electrons. The van der Waals surface area contributed by atoms with Crippen molar-refractivity contribution in [2.24, 2.45) is 0 Å². The van der Waals surface area contributed by atoms with Crippen LogP contribution in [-0.4, -0.2) is 4.21 Å². The van der Waals surface area contributed by atoms with Crippen molar-refractivity contribution in [3.05, 3.63) is 69.7 Å². The van der Waals surface area contributed by atoms with E-state index in [0.29, 0.717) is 16.5 Å². The Balaban J connectivity index is 2.07. The fourth-order valence-corrected chi connectivity index (χ4v) is 3.70. The Kier molecular flexibility index (Phi) is 4.78. The molecule has 0 spiro atoms. The molecule has 100 valence electrons. The van der Waals surface area contributed by atoms with Crippen molar-refractivity contribution in [1.82, 2.24) is 0 Å². The standard InChI is InChI=1S/C16H17ClOS/c1-12-7-13(2)9-14(8-12)10-19(18)11-15-5-3-4-6-16(15)17/h3-9H,10-11H2,1-2H3/t19-/m0/s1. The van der Waals surface area contributed by atoms with Gasteiger partial charge >= 0.3 is 0 Å². The van der Waals surface area contributed by atoms with Gasteiger partial charge in [0.25, 0.3) is 0 Å². The van der Waals surface area contributed by atoms with Gasteiger partial charge in [0.15, 0.2) is 0 Å². The highest BCUT2D eigenvalue weighted by atomic mass is 35.5. The normalized spacial score (nSPS) is 12.4. The van der Waals surface area contributed by atoms with E-state index in [-0.39, 0.29) is 0 Å². The summed E-state index contributed by atoms with van der Waals surface area (Å²) in [6.07, 6.45) is 0. The Hall–Kier alpha value is -1.12. The van der Waals surface area contributed by atoms with Crippen LogP contribution in [0.3, 0.4) is 0 Å². The maximum Gasteiger partial charge on any atom is 0.0503 e. The Morgan fingerprint density at radius 1 is 1.00 bits per heavy atom. The third kappa shape index (κ3) is 4.19. The first-order chi connectivity index (χ1) is 9.04. The lowest BCUT2D eigenvalue weighted by atomic mass is 10.1. The van der Waals surface area contributed by atoms with E-state index in [9.17, 15) is 4.21 Å². The molecule has 0 bridgehead atoms. The smallest absolute Gasteiger partial charge is 0.0503 e. The van der Waals surface area contributed by atoms with Gasteiger partial charge in [-0.15, -0.1) is 0 Å². The third-order valence-electron chi connectivity index (χ3n) is 2.88. The highest BCUT2D eigenvalue weighted by Crippen LogP contribution is 2.18. The van der Waals surface area contributed by atoms with E-state index in [0.717, 1.165) is 11.1 Å². The molecule has 0 aliphatic heterocycles. The van der Waals surface area contributed by atoms with Crippen LogP contribution in [-0.2, 0) is 22.3 Å². The van der Waals surface area contributed by atoms with Crippen LogP contribution in [0.15, 0.2) is 42.5 Å². The second kappa shape index (κ2) is 6.36. The molecule has 0 heterocycles. The van der Waals surface area contributed by atoms with Crippen LogP contribution < -0.4 is 0 Å². The van der Waals surface area contributed by atoms with Crippen molar-refractivity contribution in [3.8, 4) is 0 Å². The zero-order valence-corrected chi connectivity index (χ0v) is 12.7. The molecule has 0 aromatic heterocycles. The first-order valence-electron chi connectivity index (χ1n) is 6.20. The van der Waals surface area contributed by atoms with Crippen LogP contribution in [0.2, 0.25) is 5.02 Å². The highest BCUT2D eigenvalue weighted by molar-refractivity contribution is 7.83. The lowest BCUT2D eigenvalue weighted by Crippen LogP contribution is -2.00. The van der Waals surface area contributed by atoms with Crippen molar-refractivity contribution < 1.29 is 4.21 Å². The average molecular weight is 293 g/mol. The van der Waals surface area contributed by atoms with Gasteiger partial charge in [-0.2, -0.15) is 0 Å². The van der Waals surface area contributed by atoms with E-state index < -0.39 is 10.8 Å². The van der Waals surface area contributed by atoms with Crippen molar-refractivity contribution in [2.45, 2.75) is 25.4 Å². The molecule has 0 fully saturated rings. The van der Waals surface area contributed by atoms with Gasteiger partial charge in [-0.25, -0.2) is 0 Å². The maximum absolute atomic E-state index is 12.2. The van der Waals surface area contributed by atoms with Gasteiger partial charge in [0, 0.05) is 21.6 Å². The molecule has 19 heavy (non-hydrogen) atoms. The first kappa shape index (κ1) is 14.3. The second-order valence-corrected chi connectivity index (χ2v) is 6.68. The molecule has 0 saturated carbocycles. The van der Waals surface area contributed by atoms with Gasteiger partial charge in [0.1, 0.15) is 0 Å². The van der Waals surface area contributed by atoms with E-state index in [2.05, 4.69) is 32.0 Å². The molecule has 0 saturated heterocycles. The van der Waals surface area contributed by atoms with Gasteiger partial charge in [0.2, 0.25) is 0 Å². The summed E-state index contributed by atoms with van der Waals surface area (Å²) in [6.45, 7) is 4.13. The summed E-state index contributed by atoms with van der Waals surface area (Å²) in [5, 5.41) is 0.691. The molecule has 1 atom stereocenters. The zero-order valence-electron chi connectivity index (χ0n) is 11.2. The summed E-state index contributed by atoms with van der Waals surface area (Å²) in [7, 11) is -0.933. The second-order valence-electron chi connectivity index (χ2n) is 4.82. The Morgan fingerprint density at radius 2 is 1.63 bits per heavy atom. The van der Waals surface area contributed by atoms with Crippen LogP contribution in [0.1, 0.15) is 22.3 Å². The van der Waals surface area contributed by atoms with Crippen molar-refractivity contribution in [3.63, 3.8) is 0 Å². The van der Waals surface area contributed by atoms with Gasteiger partial charge < -0.3 is 0 Å². The number of aryl methyl sites for hydroxylation is 2. The monoisotopic (exact) mass is 292 g/mol. The minimum absolute atomic E-state index is 0.507. The first-order valence-corrected chi connectivity index (χ1v) is 8.07. The van der Waals surface area contributed by atoms with E-state index in [1.807, 2.05) is 24.3 Å². The number of hydrogen-bond donors (Lipinski definition) is 0. The molecule has 0 N–H and O–H groups in total. The van der Waals surface area contributed by atoms with Crippen LogP contribution in [0.25, 0.3) is 0 Å². The quantitative estimate of drug-likeness (QED) is 0.816. The molecule has 1 nitrogen and oxygen atoms in total. The predicted molar refractivity (Wildman–Crippen MR) is 82.9 cm³/mol. The molecular formula is C16H17ClOS. The van der Waals surface area contributed by atoms with Crippen LogP contribution in [0, 0.1) is 13.8 Å². The van der Waals surface area contributed by atoms with Crippen LogP contribution >= 0.6 is 11.6 Å². The number of hydrogen-bond acceptors (Lipinski definition) is 1. The topological polar surface area (TPSA) is 17.1 Å². The molecule has 3 heteroatoms. The van der Waals surface area contributed by atoms with E-state index in [1.54, 1.807) is 0 Å². The molecule has 0 aliphatic carbocycles. The molecule has 2 rings (SSSR count). The molecule has 0 amide bonds. The van der Waals surface area contributed by atoms with E-state index in [1.165, 1.54) is 11.1 Å². The third-order valence-corrected chi connectivity index (χ3v) is 4.54. The SMILES string of the molecule is Cc1cc(C)cc(C[S@](=O)Cc2ccccc2Cl)c1. The van der Waals surface area contributed by atoms with Crippen molar-refractivity contribution >= 4 is 22.4 Å². The molecule has 2 aromatic rings. The number of halogens is 1. The summed E-state index contributed by atoms with van der Waals surface area (Å²) >= 11 is 6.09. The average Bonchev–Trinajstić information content (AvgIpc) is 2.30. The van der Waals surface area contributed by atoms with Crippen LogP contribution in [0.5, 0.6) is 0 Å².